The summed E-state index contributed by atoms with van der Waals surface area (Å²) in [6, 6.07) is 0. The average Bonchev–Trinajstić information content (AvgIpc) is 2.48. The number of morpholine rings is 1. The van der Waals surface area contributed by atoms with Crippen LogP contribution in [-0.2, 0) is 25.0 Å². The Morgan fingerprint density at radius 2 is 1.29 bits per heavy atom. The summed E-state index contributed by atoms with van der Waals surface area (Å²) in [5, 5.41) is 0. The molecule has 0 aliphatic carbocycles. The maximum absolute atomic E-state index is 12.5. The molecule has 0 spiro atoms. The summed E-state index contributed by atoms with van der Waals surface area (Å²) in [4.78, 5) is 0. The third-order valence-electron chi connectivity index (χ3n) is 3.68. The smallest absolute Gasteiger partial charge is 0.282 e. The molecule has 0 unspecified atom stereocenters. The molecule has 21 heavy (non-hydrogen) atoms. The van der Waals surface area contributed by atoms with Crippen molar-refractivity contribution in [3.05, 3.63) is 0 Å². The maximum atomic E-state index is 12.5. The standard InChI is InChI=1S/C11H23N3O5S2/c1-2-11-20(15,16)12-3-5-13(6-4-12)21(17,18)14-7-9-19-10-8-14/h2-11H2,1H3. The summed E-state index contributed by atoms with van der Waals surface area (Å²) in [7, 11) is -6.75. The molecule has 2 aliphatic heterocycles. The van der Waals surface area contributed by atoms with E-state index in [1.54, 1.807) is 0 Å². The molecule has 2 aliphatic rings. The van der Waals surface area contributed by atoms with E-state index in [1.807, 2.05) is 6.92 Å². The summed E-state index contributed by atoms with van der Waals surface area (Å²) in [5.41, 5.74) is 0. The highest BCUT2D eigenvalue weighted by atomic mass is 32.2. The number of rotatable bonds is 5. The van der Waals surface area contributed by atoms with Gasteiger partial charge >= 0.3 is 0 Å². The van der Waals surface area contributed by atoms with E-state index in [0.29, 0.717) is 32.7 Å². The van der Waals surface area contributed by atoms with Crippen molar-refractivity contribution in [1.82, 2.24) is 12.9 Å². The Morgan fingerprint density at radius 1 is 0.810 bits per heavy atom. The Balaban J connectivity index is 1.97. The molecule has 2 heterocycles. The van der Waals surface area contributed by atoms with Gasteiger partial charge in [0.15, 0.2) is 0 Å². The number of piperazine rings is 1. The third kappa shape index (κ3) is 3.93. The molecule has 10 heteroatoms. The molecular formula is C11H23N3O5S2. The van der Waals surface area contributed by atoms with Crippen LogP contribution in [0.2, 0.25) is 0 Å². The Morgan fingerprint density at radius 3 is 1.81 bits per heavy atom. The van der Waals surface area contributed by atoms with Crippen molar-refractivity contribution in [2.24, 2.45) is 0 Å². The molecule has 0 N–H and O–H groups in total. The molecule has 0 atom stereocenters. The van der Waals surface area contributed by atoms with Crippen molar-refractivity contribution in [3.63, 3.8) is 0 Å². The van der Waals surface area contributed by atoms with Crippen LogP contribution in [-0.4, -0.2) is 88.0 Å². The SMILES string of the molecule is CCCS(=O)(=O)N1CCN(S(=O)(=O)N2CCOCC2)CC1. The van der Waals surface area contributed by atoms with Crippen LogP contribution < -0.4 is 0 Å². The highest BCUT2D eigenvalue weighted by molar-refractivity contribution is 7.89. The van der Waals surface area contributed by atoms with E-state index in [-0.39, 0.29) is 31.9 Å². The van der Waals surface area contributed by atoms with Gasteiger partial charge in [-0.2, -0.15) is 21.3 Å². The second-order valence-corrected chi connectivity index (χ2v) is 9.15. The fraction of sp³-hybridized carbons (Fsp3) is 1.00. The minimum Gasteiger partial charge on any atom is -0.379 e. The lowest BCUT2D eigenvalue weighted by atomic mass is 10.4. The monoisotopic (exact) mass is 341 g/mol. The molecule has 2 rings (SSSR count). The lowest BCUT2D eigenvalue weighted by Crippen LogP contribution is -2.55. The maximum Gasteiger partial charge on any atom is 0.282 e. The molecule has 0 saturated carbocycles. The van der Waals surface area contributed by atoms with Crippen LogP contribution in [0.5, 0.6) is 0 Å². The molecule has 0 bridgehead atoms. The van der Waals surface area contributed by atoms with Gasteiger partial charge in [-0.3, -0.25) is 0 Å². The van der Waals surface area contributed by atoms with E-state index in [0.717, 1.165) is 0 Å². The first-order valence-corrected chi connectivity index (χ1v) is 10.2. The summed E-state index contributed by atoms with van der Waals surface area (Å²) >= 11 is 0. The van der Waals surface area contributed by atoms with Gasteiger partial charge in [-0.15, -0.1) is 0 Å². The normalized spacial score (nSPS) is 24.2. The van der Waals surface area contributed by atoms with Crippen LogP contribution in [0, 0.1) is 0 Å². The Hall–Kier alpha value is -0.260. The molecule has 0 radical (unpaired) electrons. The van der Waals surface area contributed by atoms with Crippen LogP contribution >= 0.6 is 0 Å². The molecular weight excluding hydrogens is 318 g/mol. The topological polar surface area (TPSA) is 87.2 Å². The molecule has 2 saturated heterocycles. The van der Waals surface area contributed by atoms with Crippen molar-refractivity contribution < 1.29 is 21.6 Å². The lowest BCUT2D eigenvalue weighted by Gasteiger charge is -2.37. The van der Waals surface area contributed by atoms with E-state index in [9.17, 15) is 16.8 Å². The first kappa shape index (κ1) is 17.1. The fourth-order valence-corrected chi connectivity index (χ4v) is 5.56. The molecule has 8 nitrogen and oxygen atoms in total. The van der Waals surface area contributed by atoms with Crippen molar-refractivity contribution in [2.75, 3.05) is 58.2 Å². The van der Waals surface area contributed by atoms with Crippen LogP contribution in [0.1, 0.15) is 13.3 Å². The van der Waals surface area contributed by atoms with Crippen molar-refractivity contribution in [2.45, 2.75) is 13.3 Å². The van der Waals surface area contributed by atoms with Gasteiger partial charge in [0, 0.05) is 39.3 Å². The van der Waals surface area contributed by atoms with Gasteiger partial charge < -0.3 is 4.74 Å². The molecule has 0 amide bonds. The second-order valence-electron chi connectivity index (χ2n) is 5.13. The van der Waals surface area contributed by atoms with Crippen molar-refractivity contribution >= 4 is 20.2 Å². The number of ether oxygens (including phenoxy) is 1. The molecule has 0 aromatic heterocycles. The highest BCUT2D eigenvalue weighted by Crippen LogP contribution is 2.16. The second kappa shape index (κ2) is 6.88. The summed E-state index contributed by atoms with van der Waals surface area (Å²) in [6.07, 6.45) is 0.564. The summed E-state index contributed by atoms with van der Waals surface area (Å²) < 4.78 is 58.2. The van der Waals surface area contributed by atoms with Crippen LogP contribution in [0.4, 0.5) is 0 Å². The van der Waals surface area contributed by atoms with Crippen LogP contribution in [0.15, 0.2) is 0 Å². The van der Waals surface area contributed by atoms with E-state index in [1.165, 1.54) is 12.9 Å². The van der Waals surface area contributed by atoms with Gasteiger partial charge in [0.2, 0.25) is 10.0 Å². The molecule has 2 fully saturated rings. The summed E-state index contributed by atoms with van der Waals surface area (Å²) in [5.74, 6) is 0.114. The first-order valence-electron chi connectivity index (χ1n) is 7.18. The predicted molar refractivity (Wildman–Crippen MR) is 78.5 cm³/mol. The zero-order chi connectivity index (χ0) is 15.5. The quantitative estimate of drug-likeness (QED) is 0.635. The largest absolute Gasteiger partial charge is 0.379 e. The number of sulfonamides is 1. The van der Waals surface area contributed by atoms with Gasteiger partial charge in [0.25, 0.3) is 10.2 Å². The zero-order valence-electron chi connectivity index (χ0n) is 12.3. The van der Waals surface area contributed by atoms with E-state index < -0.39 is 20.2 Å². The van der Waals surface area contributed by atoms with E-state index in [4.69, 9.17) is 4.74 Å². The minimum absolute atomic E-state index is 0.114. The number of nitrogens with zero attached hydrogens (tertiary/aromatic N) is 3. The fourth-order valence-electron chi connectivity index (χ4n) is 2.51. The third-order valence-corrected chi connectivity index (χ3v) is 7.79. The molecule has 0 aromatic rings. The first-order chi connectivity index (χ1) is 9.88. The Labute approximate surface area is 126 Å². The van der Waals surface area contributed by atoms with Crippen LogP contribution in [0.25, 0.3) is 0 Å². The summed E-state index contributed by atoms with van der Waals surface area (Å²) in [6.45, 7) is 4.22. The molecule has 0 aromatic carbocycles. The van der Waals surface area contributed by atoms with E-state index in [2.05, 4.69) is 0 Å². The Kier molecular flexibility index (Phi) is 5.60. The minimum atomic E-state index is -3.50. The average molecular weight is 341 g/mol. The lowest BCUT2D eigenvalue weighted by molar-refractivity contribution is 0.0694. The molecule has 124 valence electrons. The van der Waals surface area contributed by atoms with Crippen molar-refractivity contribution in [1.29, 1.82) is 0 Å². The number of hydrogen-bond acceptors (Lipinski definition) is 5. The van der Waals surface area contributed by atoms with E-state index >= 15 is 0 Å². The van der Waals surface area contributed by atoms with Gasteiger partial charge in [-0.05, 0) is 6.42 Å². The zero-order valence-corrected chi connectivity index (χ0v) is 13.9. The van der Waals surface area contributed by atoms with Gasteiger partial charge in [0.05, 0.1) is 19.0 Å². The number of hydrogen-bond donors (Lipinski definition) is 0. The van der Waals surface area contributed by atoms with Gasteiger partial charge in [-0.25, -0.2) is 8.42 Å². The highest BCUT2D eigenvalue weighted by Gasteiger charge is 2.35. The predicted octanol–water partition coefficient (Wildman–Crippen LogP) is -1.08. The Bertz CT molecular complexity index is 534. The van der Waals surface area contributed by atoms with Gasteiger partial charge in [-0.1, -0.05) is 6.92 Å². The van der Waals surface area contributed by atoms with Gasteiger partial charge in [0.1, 0.15) is 0 Å². The van der Waals surface area contributed by atoms with Crippen LogP contribution in [0.3, 0.4) is 0 Å². The van der Waals surface area contributed by atoms with Crippen molar-refractivity contribution in [3.8, 4) is 0 Å².